The van der Waals surface area contributed by atoms with Crippen molar-refractivity contribution in [1.82, 2.24) is 14.9 Å². The van der Waals surface area contributed by atoms with Gasteiger partial charge in [-0.25, -0.2) is 0 Å². The first-order valence-electron chi connectivity index (χ1n) is 11.8. The van der Waals surface area contributed by atoms with E-state index in [4.69, 9.17) is 16.6 Å². The lowest BCUT2D eigenvalue weighted by Crippen LogP contribution is -2.37. The van der Waals surface area contributed by atoms with Crippen LogP contribution in [0.3, 0.4) is 0 Å². The SMILES string of the molecule is CC.O=C(Cc1cccnc1)N1CCC(=C2c3ccc(Cl)cc3CCc3cccnc32)CC1. The van der Waals surface area contributed by atoms with E-state index >= 15 is 0 Å². The van der Waals surface area contributed by atoms with Gasteiger partial charge >= 0.3 is 0 Å². The predicted octanol–water partition coefficient (Wildman–Crippen LogP) is 5.92. The molecule has 1 aliphatic heterocycles. The van der Waals surface area contributed by atoms with Crippen molar-refractivity contribution in [2.75, 3.05) is 13.1 Å². The average Bonchev–Trinajstić information content (AvgIpc) is 3.02. The van der Waals surface area contributed by atoms with Crippen LogP contribution < -0.4 is 0 Å². The molecule has 0 saturated carbocycles. The normalized spacial score (nSPS) is 15.1. The third-order valence-corrected chi connectivity index (χ3v) is 6.51. The number of likely N-dealkylation sites (tertiary alicyclic amines) is 1. The molecule has 3 heterocycles. The van der Waals surface area contributed by atoms with Crippen LogP contribution in [0.15, 0.2) is 66.6 Å². The number of benzene rings is 1. The highest BCUT2D eigenvalue weighted by Gasteiger charge is 2.26. The number of fused-ring (bicyclic) bond motifs is 2. The summed E-state index contributed by atoms with van der Waals surface area (Å²) in [5, 5.41) is 0.776. The van der Waals surface area contributed by atoms with Gasteiger partial charge in [0.25, 0.3) is 0 Å². The van der Waals surface area contributed by atoms with Gasteiger partial charge < -0.3 is 4.90 Å². The lowest BCUT2D eigenvalue weighted by atomic mass is 9.88. The van der Waals surface area contributed by atoms with Crippen LogP contribution >= 0.6 is 11.6 Å². The highest BCUT2D eigenvalue weighted by Crippen LogP contribution is 2.38. The van der Waals surface area contributed by atoms with Crippen LogP contribution in [0.2, 0.25) is 5.02 Å². The molecule has 33 heavy (non-hydrogen) atoms. The molecule has 0 atom stereocenters. The number of pyridine rings is 2. The van der Waals surface area contributed by atoms with Gasteiger partial charge in [0.2, 0.25) is 5.91 Å². The molecule has 0 N–H and O–H groups in total. The standard InChI is InChI=1S/C26H24ClN3O.C2H6/c27-22-7-8-23-21(16-22)6-5-20-4-2-12-29-26(20)25(23)19-9-13-30(14-10-19)24(31)15-18-3-1-11-28-17-18;1-2/h1-4,7-8,11-12,16-17H,5-6,9-10,13-15H2;1-2H3. The van der Waals surface area contributed by atoms with E-state index in [-0.39, 0.29) is 5.91 Å². The summed E-state index contributed by atoms with van der Waals surface area (Å²) in [6, 6.07) is 14.2. The summed E-state index contributed by atoms with van der Waals surface area (Å²) in [7, 11) is 0. The first kappa shape index (κ1) is 23.2. The Labute approximate surface area is 201 Å². The number of amides is 1. The molecular weight excluding hydrogens is 430 g/mol. The second-order valence-corrected chi connectivity index (χ2v) is 8.65. The third-order valence-electron chi connectivity index (χ3n) is 6.28. The summed E-state index contributed by atoms with van der Waals surface area (Å²) < 4.78 is 0. The number of carbonyl (C=O) groups excluding carboxylic acids is 1. The minimum absolute atomic E-state index is 0.170. The van der Waals surface area contributed by atoms with Gasteiger partial charge in [0.05, 0.1) is 12.1 Å². The summed E-state index contributed by atoms with van der Waals surface area (Å²) in [5.41, 5.74) is 8.50. The molecule has 1 fully saturated rings. The maximum Gasteiger partial charge on any atom is 0.227 e. The minimum atomic E-state index is 0.170. The molecule has 5 heteroatoms. The van der Waals surface area contributed by atoms with Crippen LogP contribution in [0.1, 0.15) is 54.6 Å². The number of carbonyl (C=O) groups is 1. The summed E-state index contributed by atoms with van der Waals surface area (Å²) >= 11 is 6.31. The number of hydrogen-bond acceptors (Lipinski definition) is 3. The summed E-state index contributed by atoms with van der Waals surface area (Å²) in [6.07, 6.45) is 9.45. The van der Waals surface area contributed by atoms with Crippen LogP contribution in [-0.4, -0.2) is 33.9 Å². The molecule has 5 rings (SSSR count). The van der Waals surface area contributed by atoms with Gasteiger partial charge in [-0.1, -0.05) is 49.2 Å². The molecule has 2 aliphatic rings. The number of aromatic nitrogens is 2. The van der Waals surface area contributed by atoms with Crippen LogP contribution in [-0.2, 0) is 24.1 Å². The van der Waals surface area contributed by atoms with E-state index in [1.165, 1.54) is 27.8 Å². The Morgan fingerprint density at radius 3 is 2.48 bits per heavy atom. The molecule has 0 unspecified atom stereocenters. The van der Waals surface area contributed by atoms with Crippen LogP contribution in [0.4, 0.5) is 0 Å². The van der Waals surface area contributed by atoms with Gasteiger partial charge in [-0.15, -0.1) is 0 Å². The number of piperidine rings is 1. The highest BCUT2D eigenvalue weighted by atomic mass is 35.5. The molecule has 1 aliphatic carbocycles. The lowest BCUT2D eigenvalue weighted by molar-refractivity contribution is -0.130. The van der Waals surface area contributed by atoms with Crippen molar-refractivity contribution in [2.45, 2.75) is 46.0 Å². The Hall–Kier alpha value is -2.98. The fourth-order valence-corrected chi connectivity index (χ4v) is 4.89. The van der Waals surface area contributed by atoms with Gasteiger partial charge in [-0.05, 0) is 72.2 Å². The van der Waals surface area contributed by atoms with E-state index < -0.39 is 0 Å². The molecule has 1 saturated heterocycles. The van der Waals surface area contributed by atoms with Crippen molar-refractivity contribution in [1.29, 1.82) is 0 Å². The summed E-state index contributed by atoms with van der Waals surface area (Å²) in [6.45, 7) is 5.48. The quantitative estimate of drug-likeness (QED) is 0.477. The molecule has 170 valence electrons. The van der Waals surface area contributed by atoms with Crippen molar-refractivity contribution in [2.24, 2.45) is 0 Å². The molecule has 4 nitrogen and oxygen atoms in total. The number of hydrogen-bond donors (Lipinski definition) is 0. The van der Waals surface area contributed by atoms with E-state index in [0.29, 0.717) is 6.42 Å². The second-order valence-electron chi connectivity index (χ2n) is 8.21. The first-order valence-corrected chi connectivity index (χ1v) is 12.2. The Morgan fingerprint density at radius 1 is 0.970 bits per heavy atom. The van der Waals surface area contributed by atoms with E-state index in [0.717, 1.165) is 55.1 Å². The topological polar surface area (TPSA) is 46.1 Å². The smallest absolute Gasteiger partial charge is 0.227 e. The Morgan fingerprint density at radius 2 is 1.73 bits per heavy atom. The first-order chi connectivity index (χ1) is 16.2. The molecular formula is C28H30ClN3O. The number of halogens is 1. The fourth-order valence-electron chi connectivity index (χ4n) is 4.70. The molecule has 0 spiro atoms. The van der Waals surface area contributed by atoms with Gasteiger partial charge in [-0.2, -0.15) is 0 Å². The largest absolute Gasteiger partial charge is 0.342 e. The van der Waals surface area contributed by atoms with Gasteiger partial charge in [0.1, 0.15) is 0 Å². The van der Waals surface area contributed by atoms with Crippen molar-refractivity contribution >= 4 is 23.1 Å². The number of aryl methyl sites for hydroxylation is 2. The van der Waals surface area contributed by atoms with Crippen LogP contribution in [0, 0.1) is 0 Å². The van der Waals surface area contributed by atoms with Crippen LogP contribution in [0.5, 0.6) is 0 Å². The zero-order valence-electron chi connectivity index (χ0n) is 19.4. The molecule has 0 bridgehead atoms. The van der Waals surface area contributed by atoms with E-state index in [1.807, 2.05) is 49.2 Å². The van der Waals surface area contributed by atoms with Crippen molar-refractivity contribution in [3.63, 3.8) is 0 Å². The molecule has 1 amide bonds. The lowest BCUT2D eigenvalue weighted by Gasteiger charge is -2.30. The Bertz CT molecular complexity index is 1150. The van der Waals surface area contributed by atoms with E-state index in [1.54, 1.807) is 12.4 Å². The molecule has 1 aromatic carbocycles. The fraction of sp³-hybridized carbons (Fsp3) is 0.321. The summed E-state index contributed by atoms with van der Waals surface area (Å²) in [5.74, 6) is 0.170. The number of rotatable bonds is 2. The highest BCUT2D eigenvalue weighted by molar-refractivity contribution is 6.30. The average molecular weight is 460 g/mol. The molecule has 0 radical (unpaired) electrons. The molecule has 2 aromatic heterocycles. The Balaban J connectivity index is 0.00000126. The predicted molar refractivity (Wildman–Crippen MR) is 134 cm³/mol. The third kappa shape index (κ3) is 5.17. The minimum Gasteiger partial charge on any atom is -0.342 e. The zero-order chi connectivity index (χ0) is 23.2. The monoisotopic (exact) mass is 459 g/mol. The number of nitrogens with zero attached hydrogens (tertiary/aromatic N) is 3. The Kier molecular flexibility index (Phi) is 7.56. The van der Waals surface area contributed by atoms with E-state index in [9.17, 15) is 4.79 Å². The molecule has 3 aromatic rings. The maximum atomic E-state index is 12.8. The van der Waals surface area contributed by atoms with Crippen LogP contribution in [0.25, 0.3) is 5.57 Å². The van der Waals surface area contributed by atoms with Gasteiger partial charge in [0, 0.05) is 42.3 Å². The summed E-state index contributed by atoms with van der Waals surface area (Å²) in [4.78, 5) is 23.7. The van der Waals surface area contributed by atoms with Crippen molar-refractivity contribution < 1.29 is 4.79 Å². The maximum absolute atomic E-state index is 12.8. The van der Waals surface area contributed by atoms with E-state index in [2.05, 4.69) is 23.2 Å². The second kappa shape index (κ2) is 10.8. The zero-order valence-corrected chi connectivity index (χ0v) is 20.1. The van der Waals surface area contributed by atoms with Crippen molar-refractivity contribution in [3.8, 4) is 0 Å². The van der Waals surface area contributed by atoms with Crippen molar-refractivity contribution in [3.05, 3.63) is 99.6 Å². The van der Waals surface area contributed by atoms with Gasteiger partial charge in [0.15, 0.2) is 0 Å². The van der Waals surface area contributed by atoms with Gasteiger partial charge in [-0.3, -0.25) is 14.8 Å².